The lowest BCUT2D eigenvalue weighted by atomic mass is 10.3. The molecule has 1 aromatic rings. The molecule has 0 aliphatic rings. The number of nitrogens with zero attached hydrogens (tertiary/aromatic N) is 2. The van der Waals surface area contributed by atoms with Crippen LogP contribution in [0.25, 0.3) is 0 Å². The smallest absolute Gasteiger partial charge is 0.330 e. The first kappa shape index (κ1) is 15.6. The van der Waals surface area contributed by atoms with E-state index in [1.807, 2.05) is 0 Å². The van der Waals surface area contributed by atoms with E-state index in [0.717, 1.165) is 10.8 Å². The first-order valence-corrected chi connectivity index (χ1v) is 7.12. The minimum atomic E-state index is -4.08. The SMILES string of the molecule is CC[C@H](CO)NS(=O)(=O)c1cn(C)c(=O)n(C)c1=O. The monoisotopic (exact) mass is 291 g/mol. The molecule has 0 amide bonds. The van der Waals surface area contributed by atoms with Gasteiger partial charge in [-0.2, -0.15) is 0 Å². The highest BCUT2D eigenvalue weighted by atomic mass is 32.2. The van der Waals surface area contributed by atoms with Crippen LogP contribution in [0.3, 0.4) is 0 Å². The maximum absolute atomic E-state index is 12.0. The first-order chi connectivity index (χ1) is 8.74. The second kappa shape index (κ2) is 5.68. The van der Waals surface area contributed by atoms with Gasteiger partial charge in [-0.3, -0.25) is 9.36 Å². The van der Waals surface area contributed by atoms with E-state index in [4.69, 9.17) is 5.11 Å². The summed E-state index contributed by atoms with van der Waals surface area (Å²) in [5, 5.41) is 8.99. The Morgan fingerprint density at radius 2 is 1.95 bits per heavy atom. The van der Waals surface area contributed by atoms with Gasteiger partial charge in [0.1, 0.15) is 0 Å². The van der Waals surface area contributed by atoms with E-state index in [9.17, 15) is 18.0 Å². The molecule has 1 heterocycles. The Balaban J connectivity index is 3.39. The summed E-state index contributed by atoms with van der Waals surface area (Å²) in [6, 6.07) is -0.674. The molecule has 0 aromatic carbocycles. The lowest BCUT2D eigenvalue weighted by Crippen LogP contribution is -2.44. The average Bonchev–Trinajstić information content (AvgIpc) is 2.37. The van der Waals surface area contributed by atoms with Crippen molar-refractivity contribution < 1.29 is 13.5 Å². The molecule has 0 radical (unpaired) electrons. The Morgan fingerprint density at radius 3 is 2.42 bits per heavy atom. The molecular formula is C10H17N3O5S. The van der Waals surface area contributed by atoms with E-state index in [-0.39, 0.29) is 6.61 Å². The summed E-state index contributed by atoms with van der Waals surface area (Å²) in [6.45, 7) is 1.32. The van der Waals surface area contributed by atoms with Crippen molar-refractivity contribution in [2.24, 2.45) is 14.1 Å². The number of sulfonamides is 1. The summed E-state index contributed by atoms with van der Waals surface area (Å²) < 4.78 is 28.0. The highest BCUT2D eigenvalue weighted by Gasteiger charge is 2.23. The van der Waals surface area contributed by atoms with Crippen LogP contribution in [-0.4, -0.2) is 35.3 Å². The molecule has 108 valence electrons. The number of hydrogen-bond acceptors (Lipinski definition) is 5. The van der Waals surface area contributed by atoms with Crippen LogP contribution >= 0.6 is 0 Å². The van der Waals surface area contributed by atoms with Crippen molar-refractivity contribution in [2.45, 2.75) is 24.3 Å². The van der Waals surface area contributed by atoms with E-state index >= 15 is 0 Å². The molecular weight excluding hydrogens is 274 g/mol. The summed E-state index contributed by atoms with van der Waals surface area (Å²) in [7, 11) is -1.53. The molecule has 0 saturated carbocycles. The highest BCUT2D eigenvalue weighted by Crippen LogP contribution is 2.03. The highest BCUT2D eigenvalue weighted by molar-refractivity contribution is 7.89. The summed E-state index contributed by atoms with van der Waals surface area (Å²) in [5.41, 5.74) is -1.51. The van der Waals surface area contributed by atoms with Gasteiger partial charge in [-0.25, -0.2) is 17.9 Å². The predicted octanol–water partition coefficient (Wildman–Crippen LogP) is -1.87. The third kappa shape index (κ3) is 3.11. The molecule has 19 heavy (non-hydrogen) atoms. The maximum atomic E-state index is 12.0. The number of aromatic nitrogens is 2. The normalized spacial score (nSPS) is 13.5. The molecule has 1 aromatic heterocycles. The van der Waals surface area contributed by atoms with Crippen LogP contribution < -0.4 is 16.0 Å². The van der Waals surface area contributed by atoms with Crippen LogP contribution in [-0.2, 0) is 24.1 Å². The number of aliphatic hydroxyl groups excluding tert-OH is 1. The molecule has 0 bridgehead atoms. The van der Waals surface area contributed by atoms with Gasteiger partial charge < -0.3 is 9.67 Å². The van der Waals surface area contributed by atoms with Gasteiger partial charge in [-0.15, -0.1) is 0 Å². The molecule has 1 atom stereocenters. The second-order valence-electron chi connectivity index (χ2n) is 4.16. The van der Waals surface area contributed by atoms with Crippen molar-refractivity contribution in [3.8, 4) is 0 Å². The van der Waals surface area contributed by atoms with Gasteiger partial charge in [0, 0.05) is 26.3 Å². The Morgan fingerprint density at radius 1 is 1.37 bits per heavy atom. The molecule has 9 heteroatoms. The van der Waals surface area contributed by atoms with Crippen molar-refractivity contribution in [2.75, 3.05) is 6.61 Å². The molecule has 0 unspecified atom stereocenters. The summed E-state index contributed by atoms with van der Waals surface area (Å²) in [5.74, 6) is 0. The van der Waals surface area contributed by atoms with E-state index in [1.54, 1.807) is 6.92 Å². The van der Waals surface area contributed by atoms with Gasteiger partial charge in [0.25, 0.3) is 5.56 Å². The van der Waals surface area contributed by atoms with Crippen LogP contribution in [0.15, 0.2) is 20.7 Å². The minimum Gasteiger partial charge on any atom is -0.395 e. The standard InChI is InChI=1S/C10H17N3O5S/c1-4-7(6-14)11-19(17,18)8-5-12(2)10(16)13(3)9(8)15/h5,7,11,14H,4,6H2,1-3H3/t7-/m1/s1. The average molecular weight is 291 g/mol. The van der Waals surface area contributed by atoms with Crippen molar-refractivity contribution in [3.05, 3.63) is 27.0 Å². The predicted molar refractivity (Wildman–Crippen MR) is 68.4 cm³/mol. The molecule has 0 fully saturated rings. The molecule has 0 spiro atoms. The Hall–Kier alpha value is -1.45. The summed E-state index contributed by atoms with van der Waals surface area (Å²) in [4.78, 5) is 22.8. The van der Waals surface area contributed by atoms with Gasteiger partial charge >= 0.3 is 5.69 Å². The van der Waals surface area contributed by atoms with Crippen molar-refractivity contribution in [3.63, 3.8) is 0 Å². The third-order valence-corrected chi connectivity index (χ3v) is 4.24. The molecule has 0 aliphatic heterocycles. The minimum absolute atomic E-state index is 0.373. The second-order valence-corrected chi connectivity index (χ2v) is 5.84. The zero-order chi connectivity index (χ0) is 14.8. The Labute approximate surface area is 110 Å². The fourth-order valence-electron chi connectivity index (χ4n) is 1.49. The molecule has 0 aliphatic carbocycles. The third-order valence-electron chi connectivity index (χ3n) is 2.74. The number of rotatable bonds is 5. The van der Waals surface area contributed by atoms with Crippen LogP contribution in [0.5, 0.6) is 0 Å². The van der Waals surface area contributed by atoms with E-state index in [1.165, 1.54) is 14.1 Å². The van der Waals surface area contributed by atoms with Crippen molar-refractivity contribution in [1.82, 2.24) is 13.9 Å². The molecule has 0 saturated heterocycles. The molecule has 1 rings (SSSR count). The number of aryl methyl sites for hydroxylation is 1. The topological polar surface area (TPSA) is 110 Å². The van der Waals surface area contributed by atoms with Gasteiger partial charge in [-0.05, 0) is 6.42 Å². The lowest BCUT2D eigenvalue weighted by Gasteiger charge is -2.14. The Kier molecular flexibility index (Phi) is 4.66. The maximum Gasteiger partial charge on any atom is 0.330 e. The number of aliphatic hydroxyl groups is 1. The van der Waals surface area contributed by atoms with Gasteiger partial charge in [0.2, 0.25) is 10.0 Å². The number of hydrogen-bond donors (Lipinski definition) is 2. The fourth-order valence-corrected chi connectivity index (χ4v) is 2.96. The lowest BCUT2D eigenvalue weighted by molar-refractivity contribution is 0.253. The summed E-state index contributed by atoms with van der Waals surface area (Å²) in [6.07, 6.45) is 1.35. The van der Waals surface area contributed by atoms with Crippen LogP contribution in [0.2, 0.25) is 0 Å². The van der Waals surface area contributed by atoms with E-state index in [2.05, 4.69) is 4.72 Å². The zero-order valence-corrected chi connectivity index (χ0v) is 11.8. The van der Waals surface area contributed by atoms with Crippen LogP contribution in [0.1, 0.15) is 13.3 Å². The van der Waals surface area contributed by atoms with Gasteiger partial charge in [0.05, 0.1) is 6.61 Å². The van der Waals surface area contributed by atoms with Crippen molar-refractivity contribution >= 4 is 10.0 Å². The van der Waals surface area contributed by atoms with Crippen molar-refractivity contribution in [1.29, 1.82) is 0 Å². The van der Waals surface area contributed by atoms with Crippen LogP contribution in [0.4, 0.5) is 0 Å². The van der Waals surface area contributed by atoms with E-state index < -0.39 is 32.2 Å². The fraction of sp³-hybridized carbons (Fsp3) is 0.600. The van der Waals surface area contributed by atoms with Gasteiger partial charge in [0.15, 0.2) is 4.90 Å². The summed E-state index contributed by atoms with van der Waals surface area (Å²) >= 11 is 0. The van der Waals surface area contributed by atoms with Crippen LogP contribution in [0, 0.1) is 0 Å². The quantitative estimate of drug-likeness (QED) is 0.660. The van der Waals surface area contributed by atoms with E-state index in [0.29, 0.717) is 11.0 Å². The molecule has 8 nitrogen and oxygen atoms in total. The first-order valence-electron chi connectivity index (χ1n) is 5.64. The Bertz CT molecular complexity index is 669. The number of nitrogens with one attached hydrogen (secondary N) is 1. The molecule has 2 N–H and O–H groups in total. The zero-order valence-electron chi connectivity index (χ0n) is 11.0. The largest absolute Gasteiger partial charge is 0.395 e. The van der Waals surface area contributed by atoms with Gasteiger partial charge in [-0.1, -0.05) is 6.92 Å².